The summed E-state index contributed by atoms with van der Waals surface area (Å²) < 4.78 is 7.56. The second-order valence-corrected chi connectivity index (χ2v) is 8.42. The summed E-state index contributed by atoms with van der Waals surface area (Å²) in [7, 11) is 0. The monoisotopic (exact) mass is 370 g/mol. The van der Waals surface area contributed by atoms with Gasteiger partial charge in [0.1, 0.15) is 11.9 Å². The van der Waals surface area contributed by atoms with E-state index in [0.717, 1.165) is 23.4 Å². The van der Waals surface area contributed by atoms with Gasteiger partial charge in [-0.25, -0.2) is 4.68 Å². The number of hydrogen-bond acceptors (Lipinski definition) is 4. The van der Waals surface area contributed by atoms with Gasteiger partial charge in [-0.05, 0) is 38.3 Å². The van der Waals surface area contributed by atoms with Gasteiger partial charge in [-0.1, -0.05) is 38.5 Å². The van der Waals surface area contributed by atoms with Crippen LogP contribution in [0.3, 0.4) is 0 Å². The van der Waals surface area contributed by atoms with Crippen LogP contribution in [0.2, 0.25) is 0 Å². The van der Waals surface area contributed by atoms with E-state index < -0.39 is 6.10 Å². The van der Waals surface area contributed by atoms with E-state index in [1.165, 1.54) is 5.56 Å². The van der Waals surface area contributed by atoms with E-state index in [-0.39, 0.29) is 17.4 Å². The number of nitrogens with one attached hydrogen (secondary N) is 1. The Hall–Kier alpha value is -2.18. The van der Waals surface area contributed by atoms with Gasteiger partial charge in [-0.15, -0.1) is 0 Å². The van der Waals surface area contributed by atoms with Crippen molar-refractivity contribution in [3.63, 3.8) is 0 Å². The van der Waals surface area contributed by atoms with Crippen LogP contribution in [0, 0.1) is 13.8 Å². The fourth-order valence-electron chi connectivity index (χ4n) is 3.34. The predicted molar refractivity (Wildman–Crippen MR) is 107 cm³/mol. The minimum absolute atomic E-state index is 0.0323. The van der Waals surface area contributed by atoms with Crippen LogP contribution in [0.4, 0.5) is 5.82 Å². The second kappa shape index (κ2) is 7.44. The van der Waals surface area contributed by atoms with Crippen LogP contribution in [-0.4, -0.2) is 34.4 Å². The molecular formula is C21H30N4O2. The van der Waals surface area contributed by atoms with Gasteiger partial charge in [0, 0.05) is 18.0 Å². The average Bonchev–Trinajstić information content (AvgIpc) is 3.21. The zero-order valence-electron chi connectivity index (χ0n) is 16.9. The Morgan fingerprint density at radius 2 is 2.04 bits per heavy atom. The molecule has 1 fully saturated rings. The molecule has 0 saturated carbocycles. The maximum absolute atomic E-state index is 12.7. The number of anilines is 1. The number of aromatic nitrogens is 2. The van der Waals surface area contributed by atoms with Crippen molar-refractivity contribution in [2.45, 2.75) is 65.1 Å². The minimum atomic E-state index is -0.459. The molecule has 1 aliphatic rings. The zero-order valence-corrected chi connectivity index (χ0v) is 16.9. The molecule has 6 heteroatoms. The molecule has 0 aliphatic carbocycles. The topological polar surface area (TPSA) is 82.2 Å². The van der Waals surface area contributed by atoms with E-state index in [1.807, 2.05) is 16.8 Å². The highest BCUT2D eigenvalue weighted by Gasteiger charge is 2.31. The number of rotatable bonds is 4. The van der Waals surface area contributed by atoms with Crippen LogP contribution in [0.1, 0.15) is 50.4 Å². The molecule has 1 amide bonds. The first-order valence-corrected chi connectivity index (χ1v) is 9.53. The molecule has 3 N–H and O–H groups in total. The smallest absolute Gasteiger partial charge is 0.254 e. The molecule has 6 nitrogen and oxygen atoms in total. The third-order valence-corrected chi connectivity index (χ3v) is 4.97. The molecule has 0 unspecified atom stereocenters. The fourth-order valence-corrected chi connectivity index (χ4v) is 3.34. The van der Waals surface area contributed by atoms with Crippen LogP contribution in [0.25, 0.3) is 5.69 Å². The highest BCUT2D eigenvalue weighted by atomic mass is 16.5. The first-order chi connectivity index (χ1) is 12.7. The summed E-state index contributed by atoms with van der Waals surface area (Å²) in [6.07, 6.45) is 1.02. The van der Waals surface area contributed by atoms with E-state index in [9.17, 15) is 4.79 Å². The second-order valence-electron chi connectivity index (χ2n) is 8.42. The molecule has 0 bridgehead atoms. The minimum Gasteiger partial charge on any atom is -0.364 e. The molecule has 146 valence electrons. The van der Waals surface area contributed by atoms with Crippen molar-refractivity contribution in [1.82, 2.24) is 9.78 Å². The van der Waals surface area contributed by atoms with Crippen molar-refractivity contribution in [2.75, 3.05) is 11.9 Å². The van der Waals surface area contributed by atoms with E-state index in [2.05, 4.69) is 52.1 Å². The summed E-state index contributed by atoms with van der Waals surface area (Å²) >= 11 is 0. The molecule has 1 saturated heterocycles. The van der Waals surface area contributed by atoms with Gasteiger partial charge in [-0.2, -0.15) is 5.10 Å². The third kappa shape index (κ3) is 4.22. The molecule has 1 aromatic carbocycles. The molecule has 2 heterocycles. The number of benzene rings is 1. The third-order valence-electron chi connectivity index (χ3n) is 4.97. The van der Waals surface area contributed by atoms with Gasteiger partial charge < -0.3 is 15.8 Å². The van der Waals surface area contributed by atoms with Gasteiger partial charge in [0.2, 0.25) is 0 Å². The number of carbonyl (C=O) groups is 1. The number of hydrogen-bond donors (Lipinski definition) is 2. The summed E-state index contributed by atoms with van der Waals surface area (Å²) in [6.45, 7) is 10.9. The Morgan fingerprint density at radius 3 is 2.63 bits per heavy atom. The molecule has 3 rings (SSSR count). The highest BCUT2D eigenvalue weighted by molar-refractivity contribution is 5.94. The van der Waals surface area contributed by atoms with Crippen molar-refractivity contribution in [1.29, 1.82) is 0 Å². The molecule has 27 heavy (non-hydrogen) atoms. The van der Waals surface area contributed by atoms with Gasteiger partial charge >= 0.3 is 0 Å². The van der Waals surface area contributed by atoms with Gasteiger partial charge in [0.25, 0.3) is 5.91 Å². The molecule has 0 radical (unpaired) electrons. The van der Waals surface area contributed by atoms with Crippen LogP contribution < -0.4 is 11.1 Å². The molecule has 2 atom stereocenters. The first-order valence-electron chi connectivity index (χ1n) is 9.53. The normalized spacial score (nSPS) is 20.1. The van der Waals surface area contributed by atoms with Crippen molar-refractivity contribution < 1.29 is 9.53 Å². The lowest BCUT2D eigenvalue weighted by Gasteiger charge is -2.15. The summed E-state index contributed by atoms with van der Waals surface area (Å²) in [5.41, 5.74) is 9.71. The van der Waals surface area contributed by atoms with Crippen molar-refractivity contribution >= 4 is 11.7 Å². The van der Waals surface area contributed by atoms with E-state index >= 15 is 0 Å². The maximum Gasteiger partial charge on any atom is 0.254 e. The van der Waals surface area contributed by atoms with Crippen LogP contribution >= 0.6 is 0 Å². The summed E-state index contributed by atoms with van der Waals surface area (Å²) in [5.74, 6) is 0.522. The lowest BCUT2D eigenvalue weighted by molar-refractivity contribution is -0.126. The lowest BCUT2D eigenvalue weighted by Crippen LogP contribution is -2.30. The largest absolute Gasteiger partial charge is 0.364 e. The molecule has 0 spiro atoms. The zero-order chi connectivity index (χ0) is 19.8. The van der Waals surface area contributed by atoms with Gasteiger partial charge in [0.15, 0.2) is 0 Å². The Kier molecular flexibility index (Phi) is 5.40. The van der Waals surface area contributed by atoms with Crippen LogP contribution in [0.15, 0.2) is 24.3 Å². The Bertz CT molecular complexity index is 835. The molecular weight excluding hydrogens is 340 g/mol. The number of carbonyl (C=O) groups excluding carboxylic acids is 1. The molecule has 1 aromatic heterocycles. The number of nitrogens with two attached hydrogens (primary N) is 1. The number of nitrogens with zero attached hydrogens (tertiary/aromatic N) is 2. The number of amides is 1. The standard InChI is InChI=1S/C21H30N4O2/c1-13-6-8-16(14(2)10-13)25-19(11-18(24-25)21(3,4)5)23-20(26)17-9-7-15(12-22)27-17/h6,8,10-11,15,17H,7,9,12,22H2,1-5H3,(H,23,26)/t15-,17+/m1/s1. The SMILES string of the molecule is Cc1ccc(-n2nc(C(C)(C)C)cc2NC(=O)[C@@H]2CC[C@H](CN)O2)c(C)c1. The van der Waals surface area contributed by atoms with Gasteiger partial charge in [-0.3, -0.25) is 4.79 Å². The van der Waals surface area contributed by atoms with Crippen LogP contribution in [0.5, 0.6) is 0 Å². The van der Waals surface area contributed by atoms with Crippen molar-refractivity contribution in [2.24, 2.45) is 5.73 Å². The van der Waals surface area contributed by atoms with Crippen molar-refractivity contribution in [3.05, 3.63) is 41.1 Å². The molecule has 2 aromatic rings. The van der Waals surface area contributed by atoms with Crippen LogP contribution in [-0.2, 0) is 14.9 Å². The maximum atomic E-state index is 12.7. The molecule has 1 aliphatic heterocycles. The Morgan fingerprint density at radius 1 is 1.30 bits per heavy atom. The Labute approximate surface area is 161 Å². The van der Waals surface area contributed by atoms with E-state index in [0.29, 0.717) is 18.8 Å². The lowest BCUT2D eigenvalue weighted by atomic mass is 9.92. The summed E-state index contributed by atoms with van der Waals surface area (Å²) in [5, 5.41) is 7.82. The summed E-state index contributed by atoms with van der Waals surface area (Å²) in [6, 6.07) is 8.16. The Balaban J connectivity index is 1.94. The van der Waals surface area contributed by atoms with Crippen molar-refractivity contribution in [3.8, 4) is 5.69 Å². The van der Waals surface area contributed by atoms with Gasteiger partial charge in [0.05, 0.1) is 17.5 Å². The van der Waals surface area contributed by atoms with E-state index in [4.69, 9.17) is 15.6 Å². The average molecular weight is 370 g/mol. The highest BCUT2D eigenvalue weighted by Crippen LogP contribution is 2.28. The number of ether oxygens (including phenoxy) is 1. The van der Waals surface area contributed by atoms with E-state index in [1.54, 1.807) is 0 Å². The predicted octanol–water partition coefficient (Wildman–Crippen LogP) is 3.23. The summed E-state index contributed by atoms with van der Waals surface area (Å²) in [4.78, 5) is 12.7. The first kappa shape index (κ1) is 19.6. The fraction of sp³-hybridized carbons (Fsp3) is 0.524. The number of aryl methyl sites for hydroxylation is 2. The quantitative estimate of drug-likeness (QED) is 0.866.